The summed E-state index contributed by atoms with van der Waals surface area (Å²) >= 11 is 2.47. The molecule has 0 amide bonds. The van der Waals surface area contributed by atoms with Crippen LogP contribution in [0.15, 0.2) is 32.5 Å². The summed E-state index contributed by atoms with van der Waals surface area (Å²) in [6.45, 7) is 0. The Morgan fingerprint density at radius 3 is 1.24 bits per heavy atom. The maximum atomic E-state index is 12.3. The summed E-state index contributed by atoms with van der Waals surface area (Å²) in [5.74, 6) is 0. The van der Waals surface area contributed by atoms with E-state index in [1.165, 1.54) is 0 Å². The second-order valence-electron chi connectivity index (χ2n) is 3.52. The molecule has 0 bridgehead atoms. The smallest absolute Gasteiger partial charge is 0.214 e. The third kappa shape index (κ3) is 3.34. The lowest BCUT2D eigenvalue weighted by molar-refractivity contribution is -0.0438. The van der Waals surface area contributed by atoms with Gasteiger partial charge in [-0.25, -0.2) is 16.8 Å². The van der Waals surface area contributed by atoms with Crippen molar-refractivity contribution in [2.75, 3.05) is 0 Å². The summed E-state index contributed by atoms with van der Waals surface area (Å²) in [5.41, 5.74) is -11.6. The van der Waals surface area contributed by atoms with E-state index in [4.69, 9.17) is 0 Å². The molecule has 0 aliphatic carbocycles. The van der Waals surface area contributed by atoms with Gasteiger partial charge in [0.25, 0.3) is 19.7 Å². The van der Waals surface area contributed by atoms with Crippen LogP contribution >= 0.6 is 15.9 Å². The molecule has 0 heterocycles. The van der Waals surface area contributed by atoms with Gasteiger partial charge in [0.2, 0.25) is 0 Å². The minimum absolute atomic E-state index is 0.198. The highest BCUT2D eigenvalue weighted by Gasteiger charge is 2.50. The number of sulfone groups is 2. The van der Waals surface area contributed by atoms with Crippen LogP contribution in [0.25, 0.3) is 0 Å². The van der Waals surface area contributed by atoms with Crippen LogP contribution in [-0.4, -0.2) is 27.9 Å². The van der Waals surface area contributed by atoms with E-state index in [-0.39, 0.29) is 6.07 Å². The molecule has 1 aromatic carbocycles. The van der Waals surface area contributed by atoms with E-state index in [1.807, 2.05) is 0 Å². The summed E-state index contributed by atoms with van der Waals surface area (Å²) < 4.78 is 118. The predicted octanol–water partition coefficient (Wildman–Crippen LogP) is 3.04. The monoisotopic (exact) mass is 420 g/mol. The van der Waals surface area contributed by atoms with E-state index >= 15 is 0 Å². The lowest BCUT2D eigenvalue weighted by atomic mass is 10.4. The van der Waals surface area contributed by atoms with Crippen LogP contribution in [0.4, 0.5) is 26.3 Å². The Balaban J connectivity index is 3.67. The molecular formula is C8H3BrF6O4S2. The molecule has 1 rings (SSSR count). The topological polar surface area (TPSA) is 68.3 Å². The Bertz CT molecular complexity index is 701. The van der Waals surface area contributed by atoms with Gasteiger partial charge in [0, 0.05) is 4.47 Å². The first-order chi connectivity index (χ1) is 9.10. The Hall–Kier alpha value is -0.820. The second kappa shape index (κ2) is 5.12. The van der Waals surface area contributed by atoms with E-state index in [0.29, 0.717) is 12.1 Å². The second-order valence-corrected chi connectivity index (χ2v) is 8.32. The average molecular weight is 421 g/mol. The van der Waals surface area contributed by atoms with Gasteiger partial charge in [-0.1, -0.05) is 15.9 Å². The maximum Gasteiger partial charge on any atom is 0.501 e. The normalized spacial score (nSPS) is 14.2. The Kier molecular flexibility index (Phi) is 4.45. The van der Waals surface area contributed by atoms with Crippen molar-refractivity contribution in [2.45, 2.75) is 20.8 Å². The molecule has 0 radical (unpaired) electrons. The van der Waals surface area contributed by atoms with Gasteiger partial charge in [-0.05, 0) is 18.2 Å². The number of hydrogen-bond donors (Lipinski definition) is 0. The summed E-state index contributed by atoms with van der Waals surface area (Å²) in [5, 5.41) is 0. The van der Waals surface area contributed by atoms with Gasteiger partial charge in [0.15, 0.2) is 0 Å². The SMILES string of the molecule is O=S(=O)(c1cc(Br)cc(S(=O)(=O)C(F)(F)F)c1)C(F)(F)F. The summed E-state index contributed by atoms with van der Waals surface area (Å²) in [6.07, 6.45) is 0. The van der Waals surface area contributed by atoms with Gasteiger partial charge in [-0.2, -0.15) is 26.3 Å². The third-order valence-electron chi connectivity index (χ3n) is 2.07. The summed E-state index contributed by atoms with van der Waals surface area (Å²) in [4.78, 5) is -3.24. The number of halogens is 7. The molecule has 4 nitrogen and oxygen atoms in total. The lowest BCUT2D eigenvalue weighted by Crippen LogP contribution is -2.25. The minimum atomic E-state index is -5.99. The average Bonchev–Trinajstić information content (AvgIpc) is 2.24. The molecule has 0 aliphatic heterocycles. The van der Waals surface area contributed by atoms with Crippen molar-refractivity contribution in [1.29, 1.82) is 0 Å². The quantitative estimate of drug-likeness (QED) is 0.689. The van der Waals surface area contributed by atoms with Crippen LogP contribution in [0.5, 0.6) is 0 Å². The molecule has 0 saturated heterocycles. The maximum absolute atomic E-state index is 12.3. The van der Waals surface area contributed by atoms with Crippen LogP contribution in [0.2, 0.25) is 0 Å². The van der Waals surface area contributed by atoms with E-state index in [2.05, 4.69) is 15.9 Å². The first-order valence-electron chi connectivity index (χ1n) is 4.54. The number of rotatable bonds is 2. The number of benzene rings is 1. The molecule has 0 aliphatic rings. The van der Waals surface area contributed by atoms with E-state index < -0.39 is 45.0 Å². The molecule has 21 heavy (non-hydrogen) atoms. The predicted molar refractivity (Wildman–Crippen MR) is 60.6 cm³/mol. The molecule has 0 spiro atoms. The number of alkyl halides is 6. The zero-order valence-corrected chi connectivity index (χ0v) is 12.5. The van der Waals surface area contributed by atoms with Crippen LogP contribution < -0.4 is 0 Å². The fourth-order valence-electron chi connectivity index (χ4n) is 1.11. The van der Waals surface area contributed by atoms with Crippen molar-refractivity contribution in [3.05, 3.63) is 22.7 Å². The van der Waals surface area contributed by atoms with Crippen molar-refractivity contribution in [1.82, 2.24) is 0 Å². The zero-order valence-electron chi connectivity index (χ0n) is 9.33. The van der Waals surface area contributed by atoms with E-state index in [0.717, 1.165) is 0 Å². The zero-order chi connectivity index (χ0) is 16.9. The fourth-order valence-corrected chi connectivity index (χ4v) is 3.65. The molecule has 0 unspecified atom stereocenters. The third-order valence-corrected chi connectivity index (χ3v) is 5.46. The van der Waals surface area contributed by atoms with Gasteiger partial charge in [0.1, 0.15) is 0 Å². The van der Waals surface area contributed by atoms with Crippen LogP contribution in [0.1, 0.15) is 0 Å². The van der Waals surface area contributed by atoms with Crippen LogP contribution in [-0.2, 0) is 19.7 Å². The van der Waals surface area contributed by atoms with Gasteiger partial charge in [-0.3, -0.25) is 0 Å². The molecule has 0 aromatic heterocycles. The highest BCUT2D eigenvalue weighted by atomic mass is 79.9. The van der Waals surface area contributed by atoms with Crippen molar-refractivity contribution < 1.29 is 43.2 Å². The van der Waals surface area contributed by atoms with Gasteiger partial charge in [-0.15, -0.1) is 0 Å². The van der Waals surface area contributed by atoms with Crippen molar-refractivity contribution in [2.24, 2.45) is 0 Å². The van der Waals surface area contributed by atoms with E-state index in [1.54, 1.807) is 0 Å². The highest BCUT2D eigenvalue weighted by molar-refractivity contribution is 9.10. The first kappa shape index (κ1) is 18.2. The first-order valence-corrected chi connectivity index (χ1v) is 8.30. The van der Waals surface area contributed by atoms with Crippen molar-refractivity contribution >= 4 is 35.6 Å². The van der Waals surface area contributed by atoms with Crippen LogP contribution in [0.3, 0.4) is 0 Å². The highest BCUT2D eigenvalue weighted by Crippen LogP contribution is 2.36. The molecule has 120 valence electrons. The molecule has 0 N–H and O–H groups in total. The Morgan fingerprint density at radius 1 is 0.714 bits per heavy atom. The summed E-state index contributed by atoms with van der Waals surface area (Å²) in [7, 11) is -12.0. The largest absolute Gasteiger partial charge is 0.501 e. The molecule has 0 fully saturated rings. The number of hydrogen-bond acceptors (Lipinski definition) is 4. The van der Waals surface area contributed by atoms with Crippen molar-refractivity contribution in [3.63, 3.8) is 0 Å². The molecular weight excluding hydrogens is 418 g/mol. The molecule has 0 atom stereocenters. The molecule has 1 aromatic rings. The van der Waals surface area contributed by atoms with E-state index in [9.17, 15) is 43.2 Å². The molecule has 0 saturated carbocycles. The van der Waals surface area contributed by atoms with Gasteiger partial charge < -0.3 is 0 Å². The fraction of sp³-hybridized carbons (Fsp3) is 0.250. The lowest BCUT2D eigenvalue weighted by Gasteiger charge is -2.12. The van der Waals surface area contributed by atoms with Gasteiger partial charge in [0.05, 0.1) is 9.79 Å². The molecule has 13 heteroatoms. The van der Waals surface area contributed by atoms with Crippen LogP contribution in [0, 0.1) is 0 Å². The Morgan fingerprint density at radius 2 is 1.00 bits per heavy atom. The standard InChI is InChI=1S/C8H3BrF6O4S2/c9-4-1-5(20(16,17)7(10,11)12)3-6(2-4)21(18,19)8(13,14)15/h1-3H. The van der Waals surface area contributed by atoms with Gasteiger partial charge >= 0.3 is 11.0 Å². The minimum Gasteiger partial charge on any atom is -0.214 e. The Labute approximate surface area is 122 Å². The van der Waals surface area contributed by atoms with Crippen molar-refractivity contribution in [3.8, 4) is 0 Å². The summed E-state index contributed by atoms with van der Waals surface area (Å²) in [6, 6.07) is 0.493.